The monoisotopic (exact) mass is 260 g/mol. The van der Waals surface area contributed by atoms with Crippen molar-refractivity contribution in [1.82, 2.24) is 0 Å². The van der Waals surface area contributed by atoms with Gasteiger partial charge in [0.2, 0.25) is 0 Å². The van der Waals surface area contributed by atoms with Gasteiger partial charge in [-0.2, -0.15) is 0 Å². The highest BCUT2D eigenvalue weighted by atomic mass is 14.5. The second-order valence-electron chi connectivity index (χ2n) is 7.76. The fourth-order valence-corrected chi connectivity index (χ4v) is 5.81. The lowest BCUT2D eigenvalue weighted by atomic mass is 9.50. The molecule has 108 valence electrons. The van der Waals surface area contributed by atoms with Crippen molar-refractivity contribution in [2.24, 2.45) is 29.1 Å². The summed E-state index contributed by atoms with van der Waals surface area (Å²) >= 11 is 0. The van der Waals surface area contributed by atoms with Crippen molar-refractivity contribution in [3.63, 3.8) is 0 Å². The van der Waals surface area contributed by atoms with E-state index in [-0.39, 0.29) is 0 Å². The van der Waals surface area contributed by atoms with Crippen LogP contribution in [0.1, 0.15) is 78.6 Å². The summed E-state index contributed by atoms with van der Waals surface area (Å²) in [5.41, 5.74) is 2.49. The molecule has 19 heavy (non-hydrogen) atoms. The topological polar surface area (TPSA) is 0 Å². The first kappa shape index (κ1) is 13.7. The fraction of sp³-hybridized carbons (Fsp3) is 0.895. The molecule has 0 aromatic rings. The molecule has 5 atom stereocenters. The molecule has 0 aromatic heterocycles. The minimum atomic E-state index is 0.584. The van der Waals surface area contributed by atoms with Crippen LogP contribution in [0.15, 0.2) is 11.6 Å². The first-order valence-electron chi connectivity index (χ1n) is 8.89. The molecule has 3 rings (SSSR count). The van der Waals surface area contributed by atoms with Gasteiger partial charge < -0.3 is 0 Å². The molecule has 2 fully saturated rings. The molecule has 3 aliphatic rings. The molecule has 0 aliphatic heterocycles. The van der Waals surface area contributed by atoms with Crippen LogP contribution in [-0.2, 0) is 0 Å². The van der Waals surface area contributed by atoms with Gasteiger partial charge in [0.1, 0.15) is 0 Å². The first-order chi connectivity index (χ1) is 9.19. The van der Waals surface area contributed by atoms with Gasteiger partial charge in [-0.25, -0.2) is 0 Å². The third kappa shape index (κ3) is 2.20. The Labute approximate surface area is 120 Å². The highest BCUT2D eigenvalue weighted by Crippen LogP contribution is 2.59. The van der Waals surface area contributed by atoms with Crippen LogP contribution < -0.4 is 0 Å². The Kier molecular flexibility index (Phi) is 3.80. The predicted octanol–water partition coefficient (Wildman–Crippen LogP) is 5.98. The van der Waals surface area contributed by atoms with Gasteiger partial charge in [-0.3, -0.25) is 0 Å². The maximum absolute atomic E-state index is 2.70. The highest BCUT2D eigenvalue weighted by molar-refractivity contribution is 5.25. The number of hydrogen-bond donors (Lipinski definition) is 0. The zero-order chi connectivity index (χ0) is 13.5. The average Bonchev–Trinajstić information content (AvgIpc) is 2.45. The lowest BCUT2D eigenvalue weighted by Crippen LogP contribution is -2.45. The van der Waals surface area contributed by atoms with Crippen LogP contribution in [0.4, 0.5) is 0 Å². The van der Waals surface area contributed by atoms with Gasteiger partial charge in [0.05, 0.1) is 0 Å². The minimum absolute atomic E-state index is 0.584. The lowest BCUT2D eigenvalue weighted by Gasteiger charge is -2.55. The van der Waals surface area contributed by atoms with Crippen LogP contribution in [0.25, 0.3) is 0 Å². The SMILES string of the molecule is CCC1CC=C2C(CCC3C(CC)CCC[C@@]23C)C1. The average molecular weight is 260 g/mol. The van der Waals surface area contributed by atoms with Gasteiger partial charge in [0.15, 0.2) is 0 Å². The summed E-state index contributed by atoms with van der Waals surface area (Å²) < 4.78 is 0. The van der Waals surface area contributed by atoms with Crippen LogP contribution in [-0.4, -0.2) is 0 Å². The van der Waals surface area contributed by atoms with Gasteiger partial charge in [-0.15, -0.1) is 0 Å². The van der Waals surface area contributed by atoms with Crippen molar-refractivity contribution >= 4 is 0 Å². The Balaban J connectivity index is 1.88. The maximum Gasteiger partial charge on any atom is -0.00827 e. The second kappa shape index (κ2) is 5.26. The summed E-state index contributed by atoms with van der Waals surface area (Å²) in [4.78, 5) is 0. The minimum Gasteiger partial charge on any atom is -0.0842 e. The molecule has 0 N–H and O–H groups in total. The summed E-state index contributed by atoms with van der Waals surface area (Å²) in [5, 5.41) is 0. The third-order valence-electron chi connectivity index (χ3n) is 6.97. The predicted molar refractivity (Wildman–Crippen MR) is 83.1 cm³/mol. The zero-order valence-corrected chi connectivity index (χ0v) is 13.3. The van der Waals surface area contributed by atoms with Gasteiger partial charge in [0, 0.05) is 0 Å². The molecular formula is C19H32. The summed E-state index contributed by atoms with van der Waals surface area (Å²) in [6.45, 7) is 7.43. The van der Waals surface area contributed by atoms with Crippen LogP contribution in [0.2, 0.25) is 0 Å². The molecule has 0 aromatic carbocycles. The Hall–Kier alpha value is -0.260. The lowest BCUT2D eigenvalue weighted by molar-refractivity contribution is 0.0340. The van der Waals surface area contributed by atoms with Crippen molar-refractivity contribution in [3.05, 3.63) is 11.6 Å². The molecule has 0 saturated heterocycles. The van der Waals surface area contributed by atoms with E-state index in [4.69, 9.17) is 0 Å². The number of hydrogen-bond acceptors (Lipinski definition) is 0. The Morgan fingerprint density at radius 1 is 1.16 bits per heavy atom. The molecule has 0 heteroatoms. The Morgan fingerprint density at radius 3 is 2.74 bits per heavy atom. The van der Waals surface area contributed by atoms with E-state index >= 15 is 0 Å². The van der Waals surface area contributed by atoms with Crippen LogP contribution in [0, 0.1) is 29.1 Å². The van der Waals surface area contributed by atoms with E-state index in [0.29, 0.717) is 5.41 Å². The zero-order valence-electron chi connectivity index (χ0n) is 13.3. The van der Waals surface area contributed by atoms with Crippen molar-refractivity contribution in [2.45, 2.75) is 78.6 Å². The standard InChI is InChI=1S/C19H32/c1-4-14-8-10-18-16(13-14)9-11-17-15(5-2)7-6-12-19(17,18)3/h10,14-17H,4-9,11-13H2,1-3H3/t14?,15?,16?,17?,19-/m1/s1. The molecule has 0 amide bonds. The molecule has 2 saturated carbocycles. The van der Waals surface area contributed by atoms with Gasteiger partial charge in [-0.05, 0) is 61.2 Å². The Morgan fingerprint density at radius 2 is 2.00 bits per heavy atom. The maximum atomic E-state index is 2.70. The number of rotatable bonds is 2. The van der Waals surface area contributed by atoms with Crippen LogP contribution in [0.3, 0.4) is 0 Å². The third-order valence-corrected chi connectivity index (χ3v) is 6.97. The van der Waals surface area contributed by atoms with Crippen molar-refractivity contribution in [3.8, 4) is 0 Å². The smallest absolute Gasteiger partial charge is 0.00827 e. The van der Waals surface area contributed by atoms with E-state index in [2.05, 4.69) is 26.8 Å². The highest BCUT2D eigenvalue weighted by Gasteiger charge is 2.49. The number of allylic oxidation sites excluding steroid dienone is 2. The molecule has 0 nitrogen and oxygen atoms in total. The largest absolute Gasteiger partial charge is 0.0842 e. The summed E-state index contributed by atoms with van der Waals surface area (Å²) in [6.07, 6.45) is 15.9. The van der Waals surface area contributed by atoms with Gasteiger partial charge >= 0.3 is 0 Å². The first-order valence-corrected chi connectivity index (χ1v) is 8.89. The fourth-order valence-electron chi connectivity index (χ4n) is 5.81. The summed E-state index contributed by atoms with van der Waals surface area (Å²) in [7, 11) is 0. The van der Waals surface area contributed by atoms with E-state index in [1.54, 1.807) is 0 Å². The van der Waals surface area contributed by atoms with E-state index in [1.807, 2.05) is 5.57 Å². The van der Waals surface area contributed by atoms with Gasteiger partial charge in [-0.1, -0.05) is 58.1 Å². The molecule has 0 heterocycles. The number of fused-ring (bicyclic) bond motifs is 3. The molecule has 0 radical (unpaired) electrons. The quantitative estimate of drug-likeness (QED) is 0.536. The second-order valence-corrected chi connectivity index (χ2v) is 7.76. The normalized spacial score (nSPS) is 46.2. The van der Waals surface area contributed by atoms with Crippen molar-refractivity contribution < 1.29 is 0 Å². The van der Waals surface area contributed by atoms with Crippen LogP contribution in [0.5, 0.6) is 0 Å². The molecule has 3 aliphatic carbocycles. The van der Waals surface area contributed by atoms with Crippen LogP contribution >= 0.6 is 0 Å². The Bertz CT molecular complexity index is 353. The van der Waals surface area contributed by atoms with Crippen molar-refractivity contribution in [2.75, 3.05) is 0 Å². The molecular weight excluding hydrogens is 228 g/mol. The molecule has 0 bridgehead atoms. The molecule has 4 unspecified atom stereocenters. The summed E-state index contributed by atoms with van der Waals surface area (Å²) in [6, 6.07) is 0. The summed E-state index contributed by atoms with van der Waals surface area (Å²) in [5.74, 6) is 3.96. The van der Waals surface area contributed by atoms with Crippen molar-refractivity contribution in [1.29, 1.82) is 0 Å². The van der Waals surface area contributed by atoms with E-state index in [9.17, 15) is 0 Å². The molecule has 0 spiro atoms. The van der Waals surface area contributed by atoms with Gasteiger partial charge in [0.25, 0.3) is 0 Å². The van der Waals surface area contributed by atoms with E-state index < -0.39 is 0 Å². The van der Waals surface area contributed by atoms with E-state index in [1.165, 1.54) is 57.8 Å². The van der Waals surface area contributed by atoms with E-state index in [0.717, 1.165) is 23.7 Å².